The van der Waals surface area contributed by atoms with Gasteiger partial charge in [0.25, 0.3) is 5.91 Å². The predicted molar refractivity (Wildman–Crippen MR) is 97.9 cm³/mol. The third-order valence-corrected chi connectivity index (χ3v) is 5.68. The molecule has 3 unspecified atom stereocenters. The predicted octanol–water partition coefficient (Wildman–Crippen LogP) is 2.82. The van der Waals surface area contributed by atoms with Crippen molar-refractivity contribution in [1.82, 2.24) is 9.88 Å². The first-order valence-electron chi connectivity index (χ1n) is 9.55. The van der Waals surface area contributed by atoms with Crippen molar-refractivity contribution in [2.75, 3.05) is 6.61 Å². The van der Waals surface area contributed by atoms with Crippen LogP contribution in [0.2, 0.25) is 0 Å². The fourth-order valence-corrected chi connectivity index (χ4v) is 4.50. The molecule has 140 valence electrons. The topological polar surface area (TPSA) is 60.9 Å². The van der Waals surface area contributed by atoms with Crippen LogP contribution in [0.15, 0.2) is 48.8 Å². The summed E-state index contributed by atoms with van der Waals surface area (Å²) < 4.78 is 17.8. The molecule has 2 fully saturated rings. The van der Waals surface area contributed by atoms with Crippen LogP contribution in [-0.4, -0.2) is 46.7 Å². The third-order valence-electron chi connectivity index (χ3n) is 5.68. The van der Waals surface area contributed by atoms with Crippen molar-refractivity contribution in [3.8, 4) is 17.2 Å². The first-order valence-corrected chi connectivity index (χ1v) is 9.55. The van der Waals surface area contributed by atoms with E-state index < -0.39 is 6.10 Å². The van der Waals surface area contributed by atoms with Gasteiger partial charge in [0.2, 0.25) is 6.10 Å². The SMILES string of the molecule is O=C(C1COc2ccccc2O1)N1C2CCC1CC(Oc1ccncc1)C2. The third kappa shape index (κ3) is 3.09. The summed E-state index contributed by atoms with van der Waals surface area (Å²) in [5.74, 6) is 2.23. The molecule has 5 rings (SSSR count). The quantitative estimate of drug-likeness (QED) is 0.836. The van der Waals surface area contributed by atoms with Gasteiger partial charge in [-0.1, -0.05) is 12.1 Å². The van der Waals surface area contributed by atoms with Gasteiger partial charge in [-0.3, -0.25) is 9.78 Å². The zero-order valence-electron chi connectivity index (χ0n) is 15.0. The summed E-state index contributed by atoms with van der Waals surface area (Å²) >= 11 is 0. The number of hydrogen-bond donors (Lipinski definition) is 0. The van der Waals surface area contributed by atoms with Crippen LogP contribution in [0.25, 0.3) is 0 Å². The Morgan fingerprint density at radius 2 is 1.74 bits per heavy atom. The molecule has 3 atom stereocenters. The van der Waals surface area contributed by atoms with Crippen LogP contribution >= 0.6 is 0 Å². The van der Waals surface area contributed by atoms with E-state index in [1.807, 2.05) is 41.3 Å². The standard InChI is InChI=1S/C21H22N2O4/c24-21(20-13-25-18-3-1-2-4-19(18)27-20)23-14-5-6-15(23)12-17(11-14)26-16-7-9-22-10-8-16/h1-4,7-10,14-15,17,20H,5-6,11-13H2. The van der Waals surface area contributed by atoms with E-state index in [1.54, 1.807) is 12.4 Å². The van der Waals surface area contributed by atoms with Gasteiger partial charge in [-0.15, -0.1) is 0 Å². The Balaban J connectivity index is 1.26. The van der Waals surface area contributed by atoms with Gasteiger partial charge in [0.05, 0.1) is 0 Å². The highest BCUT2D eigenvalue weighted by Gasteiger charge is 2.46. The van der Waals surface area contributed by atoms with Crippen LogP contribution in [0.5, 0.6) is 17.2 Å². The van der Waals surface area contributed by atoms with Crippen molar-refractivity contribution in [1.29, 1.82) is 0 Å². The monoisotopic (exact) mass is 366 g/mol. The summed E-state index contributed by atoms with van der Waals surface area (Å²) in [6.45, 7) is 0.267. The maximum Gasteiger partial charge on any atom is 0.267 e. The fourth-order valence-electron chi connectivity index (χ4n) is 4.50. The van der Waals surface area contributed by atoms with E-state index in [0.29, 0.717) is 11.5 Å². The van der Waals surface area contributed by atoms with Crippen LogP contribution in [0.4, 0.5) is 0 Å². The van der Waals surface area contributed by atoms with Gasteiger partial charge in [0, 0.05) is 37.3 Å². The number of amides is 1. The number of benzene rings is 1. The highest BCUT2D eigenvalue weighted by Crippen LogP contribution is 2.39. The number of ether oxygens (including phenoxy) is 3. The second-order valence-corrected chi connectivity index (χ2v) is 7.39. The van der Waals surface area contributed by atoms with Crippen molar-refractivity contribution in [2.24, 2.45) is 0 Å². The molecule has 2 aromatic rings. The lowest BCUT2D eigenvalue weighted by atomic mass is 9.98. The maximum atomic E-state index is 13.2. The van der Waals surface area contributed by atoms with E-state index in [1.165, 1.54) is 0 Å². The Morgan fingerprint density at radius 3 is 2.48 bits per heavy atom. The largest absolute Gasteiger partial charge is 0.490 e. The summed E-state index contributed by atoms with van der Waals surface area (Å²) in [4.78, 5) is 19.2. The van der Waals surface area contributed by atoms with E-state index in [2.05, 4.69) is 4.98 Å². The average Bonchev–Trinajstić information content (AvgIpc) is 2.98. The molecule has 2 bridgehead atoms. The number of pyridine rings is 1. The second kappa shape index (κ2) is 6.76. The molecule has 4 heterocycles. The maximum absolute atomic E-state index is 13.2. The molecule has 0 saturated carbocycles. The molecule has 27 heavy (non-hydrogen) atoms. The minimum absolute atomic E-state index is 0.0411. The minimum atomic E-state index is -0.569. The second-order valence-electron chi connectivity index (χ2n) is 7.39. The molecule has 3 aliphatic rings. The Labute approximate surface area is 158 Å². The highest BCUT2D eigenvalue weighted by molar-refractivity contribution is 5.83. The molecule has 3 aliphatic heterocycles. The molecule has 2 saturated heterocycles. The van der Waals surface area contributed by atoms with Gasteiger partial charge >= 0.3 is 0 Å². The molecule has 0 radical (unpaired) electrons. The number of fused-ring (bicyclic) bond motifs is 3. The Morgan fingerprint density at radius 1 is 1.04 bits per heavy atom. The molecule has 6 nitrogen and oxygen atoms in total. The van der Waals surface area contributed by atoms with Crippen LogP contribution in [0.1, 0.15) is 25.7 Å². The summed E-state index contributed by atoms with van der Waals surface area (Å²) in [7, 11) is 0. The number of aromatic nitrogens is 1. The van der Waals surface area contributed by atoms with E-state index in [0.717, 1.165) is 31.4 Å². The summed E-state index contributed by atoms with van der Waals surface area (Å²) in [6.07, 6.45) is 6.80. The Kier molecular flexibility index (Phi) is 4.11. The lowest BCUT2D eigenvalue weighted by Crippen LogP contribution is -2.55. The summed E-state index contributed by atoms with van der Waals surface area (Å²) in [5.41, 5.74) is 0. The molecule has 0 aliphatic carbocycles. The van der Waals surface area contributed by atoms with E-state index in [-0.39, 0.29) is 30.7 Å². The lowest BCUT2D eigenvalue weighted by molar-refractivity contribution is -0.147. The van der Waals surface area contributed by atoms with Gasteiger partial charge in [0.15, 0.2) is 11.5 Å². The van der Waals surface area contributed by atoms with Crippen LogP contribution in [0.3, 0.4) is 0 Å². The van der Waals surface area contributed by atoms with Gasteiger partial charge in [-0.2, -0.15) is 0 Å². The Hall–Kier alpha value is -2.76. The number of carbonyl (C=O) groups excluding carboxylic acids is 1. The van der Waals surface area contributed by atoms with Crippen LogP contribution in [0, 0.1) is 0 Å². The molecular weight excluding hydrogens is 344 g/mol. The zero-order valence-corrected chi connectivity index (χ0v) is 15.0. The normalized spacial score (nSPS) is 28.7. The number of piperidine rings is 1. The molecule has 1 aromatic carbocycles. The van der Waals surface area contributed by atoms with Crippen LogP contribution in [-0.2, 0) is 4.79 Å². The van der Waals surface area contributed by atoms with Crippen molar-refractivity contribution in [2.45, 2.75) is 50.0 Å². The van der Waals surface area contributed by atoms with Crippen molar-refractivity contribution in [3.05, 3.63) is 48.8 Å². The van der Waals surface area contributed by atoms with Crippen molar-refractivity contribution >= 4 is 5.91 Å². The van der Waals surface area contributed by atoms with Gasteiger partial charge in [-0.25, -0.2) is 0 Å². The van der Waals surface area contributed by atoms with Crippen molar-refractivity contribution in [3.63, 3.8) is 0 Å². The molecule has 0 N–H and O–H groups in total. The first kappa shape index (κ1) is 16.4. The lowest BCUT2D eigenvalue weighted by Gasteiger charge is -2.40. The molecule has 1 aromatic heterocycles. The molecular formula is C21H22N2O4. The van der Waals surface area contributed by atoms with E-state index >= 15 is 0 Å². The Bertz CT molecular complexity index is 814. The first-order chi connectivity index (χ1) is 13.3. The average molecular weight is 366 g/mol. The number of nitrogens with zero attached hydrogens (tertiary/aromatic N) is 2. The van der Waals surface area contributed by atoms with E-state index in [9.17, 15) is 4.79 Å². The highest BCUT2D eigenvalue weighted by atomic mass is 16.6. The number of carbonyl (C=O) groups is 1. The van der Waals surface area contributed by atoms with Crippen molar-refractivity contribution < 1.29 is 19.0 Å². The fraction of sp³-hybridized carbons (Fsp3) is 0.429. The smallest absolute Gasteiger partial charge is 0.267 e. The molecule has 0 spiro atoms. The van der Waals surface area contributed by atoms with Gasteiger partial charge < -0.3 is 19.1 Å². The minimum Gasteiger partial charge on any atom is -0.490 e. The van der Waals surface area contributed by atoms with Crippen LogP contribution < -0.4 is 14.2 Å². The zero-order chi connectivity index (χ0) is 18.2. The summed E-state index contributed by atoms with van der Waals surface area (Å²) in [5, 5.41) is 0. The number of hydrogen-bond acceptors (Lipinski definition) is 5. The molecule has 6 heteroatoms. The van der Waals surface area contributed by atoms with Gasteiger partial charge in [0.1, 0.15) is 18.5 Å². The van der Waals surface area contributed by atoms with E-state index in [4.69, 9.17) is 14.2 Å². The number of rotatable bonds is 3. The number of para-hydroxylation sites is 2. The van der Waals surface area contributed by atoms with Gasteiger partial charge in [-0.05, 0) is 37.1 Å². The summed E-state index contributed by atoms with van der Waals surface area (Å²) in [6, 6.07) is 11.7. The molecule has 1 amide bonds.